The molecule has 1 saturated heterocycles. The fourth-order valence-electron chi connectivity index (χ4n) is 2.12. The quantitative estimate of drug-likeness (QED) is 0.814. The maximum Gasteiger partial charge on any atom is 0.176 e. The molecule has 1 aromatic rings. The van der Waals surface area contributed by atoms with Crippen LogP contribution in [0.2, 0.25) is 0 Å². The Balaban J connectivity index is 1.98. The number of carbonyl (C=O) groups excluding carboxylic acids is 1. The summed E-state index contributed by atoms with van der Waals surface area (Å²) < 4.78 is 12.7. The van der Waals surface area contributed by atoms with Crippen molar-refractivity contribution in [3.8, 4) is 0 Å². The van der Waals surface area contributed by atoms with E-state index >= 15 is 0 Å². The topological polar surface area (TPSA) is 46.3 Å². The molecule has 1 aliphatic heterocycles. The molecule has 1 unspecified atom stereocenters. The predicted molar refractivity (Wildman–Crippen MR) is 64.1 cm³/mol. The van der Waals surface area contributed by atoms with E-state index in [2.05, 4.69) is 0 Å². The SMILES string of the molecule is NC1CCCCN1CC(=O)c1ccc(F)cc1. The van der Waals surface area contributed by atoms with Crippen LogP contribution in [-0.2, 0) is 0 Å². The third kappa shape index (κ3) is 3.11. The number of nitrogens with two attached hydrogens (primary N) is 1. The monoisotopic (exact) mass is 236 g/mol. The standard InChI is InChI=1S/C13H17FN2O/c14-11-6-4-10(5-7-11)12(17)9-16-8-2-1-3-13(16)15/h4-7,13H,1-3,8-9,15H2. The van der Waals surface area contributed by atoms with Crippen molar-refractivity contribution in [2.45, 2.75) is 25.4 Å². The Morgan fingerprint density at radius 1 is 1.35 bits per heavy atom. The minimum atomic E-state index is -0.323. The smallest absolute Gasteiger partial charge is 0.176 e. The van der Waals surface area contributed by atoms with E-state index in [9.17, 15) is 9.18 Å². The van der Waals surface area contributed by atoms with Crippen molar-refractivity contribution in [1.29, 1.82) is 0 Å². The zero-order valence-corrected chi connectivity index (χ0v) is 9.73. The molecule has 1 heterocycles. The number of Topliss-reactive ketones (excluding diaryl/α,β-unsaturated/α-hetero) is 1. The number of hydrogen-bond acceptors (Lipinski definition) is 3. The maximum absolute atomic E-state index is 12.7. The Bertz CT molecular complexity index is 391. The van der Waals surface area contributed by atoms with Gasteiger partial charge in [0.25, 0.3) is 0 Å². The van der Waals surface area contributed by atoms with Crippen LogP contribution in [0.1, 0.15) is 29.6 Å². The molecule has 2 rings (SSSR count). The lowest BCUT2D eigenvalue weighted by Crippen LogP contribution is -2.47. The molecule has 0 aliphatic carbocycles. The molecule has 1 fully saturated rings. The van der Waals surface area contributed by atoms with E-state index in [0.29, 0.717) is 12.1 Å². The summed E-state index contributed by atoms with van der Waals surface area (Å²) in [5.41, 5.74) is 6.49. The predicted octanol–water partition coefficient (Wildman–Crippen LogP) is 1.78. The van der Waals surface area contributed by atoms with Gasteiger partial charge in [0.2, 0.25) is 0 Å². The third-order valence-corrected chi connectivity index (χ3v) is 3.18. The number of likely N-dealkylation sites (tertiary alicyclic amines) is 1. The van der Waals surface area contributed by atoms with Crippen molar-refractivity contribution in [2.24, 2.45) is 5.73 Å². The van der Waals surface area contributed by atoms with Gasteiger partial charge in [-0.25, -0.2) is 4.39 Å². The molecule has 2 N–H and O–H groups in total. The van der Waals surface area contributed by atoms with Crippen LogP contribution < -0.4 is 5.73 Å². The number of piperidine rings is 1. The first-order valence-electron chi connectivity index (χ1n) is 5.95. The summed E-state index contributed by atoms with van der Waals surface area (Å²) in [6.07, 6.45) is 3.14. The lowest BCUT2D eigenvalue weighted by molar-refractivity contribution is 0.0849. The summed E-state index contributed by atoms with van der Waals surface area (Å²) in [6, 6.07) is 5.66. The lowest BCUT2D eigenvalue weighted by Gasteiger charge is -2.32. The minimum absolute atomic E-state index is 0.00218. The fourth-order valence-corrected chi connectivity index (χ4v) is 2.12. The van der Waals surface area contributed by atoms with Crippen LogP contribution in [0.15, 0.2) is 24.3 Å². The molecule has 4 heteroatoms. The second-order valence-electron chi connectivity index (χ2n) is 4.46. The highest BCUT2D eigenvalue weighted by molar-refractivity contribution is 5.97. The molecule has 0 saturated carbocycles. The number of nitrogens with zero attached hydrogens (tertiary/aromatic N) is 1. The van der Waals surface area contributed by atoms with Crippen LogP contribution in [0.3, 0.4) is 0 Å². The summed E-state index contributed by atoms with van der Waals surface area (Å²) in [5, 5.41) is 0. The largest absolute Gasteiger partial charge is 0.316 e. The second-order valence-corrected chi connectivity index (χ2v) is 4.46. The van der Waals surface area contributed by atoms with Crippen LogP contribution in [0, 0.1) is 5.82 Å². The number of carbonyl (C=O) groups is 1. The first-order valence-corrected chi connectivity index (χ1v) is 5.95. The highest BCUT2D eigenvalue weighted by Gasteiger charge is 2.21. The van der Waals surface area contributed by atoms with Gasteiger partial charge >= 0.3 is 0 Å². The number of halogens is 1. The number of ketones is 1. The molecule has 3 nitrogen and oxygen atoms in total. The highest BCUT2D eigenvalue weighted by Crippen LogP contribution is 2.14. The maximum atomic E-state index is 12.7. The summed E-state index contributed by atoms with van der Waals surface area (Å²) in [5.74, 6) is -0.321. The van der Waals surface area contributed by atoms with Gasteiger partial charge in [-0.05, 0) is 43.5 Å². The summed E-state index contributed by atoms with van der Waals surface area (Å²) >= 11 is 0. The van der Waals surface area contributed by atoms with Gasteiger partial charge < -0.3 is 5.73 Å². The molecule has 0 radical (unpaired) electrons. The van der Waals surface area contributed by atoms with Gasteiger partial charge in [-0.1, -0.05) is 0 Å². The molecule has 0 amide bonds. The average Bonchev–Trinajstić information content (AvgIpc) is 2.33. The summed E-state index contributed by atoms with van der Waals surface area (Å²) in [7, 11) is 0. The minimum Gasteiger partial charge on any atom is -0.316 e. The van der Waals surface area contributed by atoms with E-state index in [4.69, 9.17) is 5.73 Å². The molecule has 0 aromatic heterocycles. The van der Waals surface area contributed by atoms with E-state index in [1.54, 1.807) is 0 Å². The highest BCUT2D eigenvalue weighted by atomic mass is 19.1. The van der Waals surface area contributed by atoms with Crippen LogP contribution >= 0.6 is 0 Å². The number of benzene rings is 1. The van der Waals surface area contributed by atoms with Crippen LogP contribution in [-0.4, -0.2) is 29.9 Å². The molecule has 0 bridgehead atoms. The van der Waals surface area contributed by atoms with E-state index in [0.717, 1.165) is 25.8 Å². The Morgan fingerprint density at radius 3 is 2.71 bits per heavy atom. The van der Waals surface area contributed by atoms with E-state index in [-0.39, 0.29) is 17.8 Å². The van der Waals surface area contributed by atoms with Gasteiger partial charge in [-0.3, -0.25) is 9.69 Å². The van der Waals surface area contributed by atoms with Crippen molar-refractivity contribution in [2.75, 3.05) is 13.1 Å². The normalized spacial score (nSPS) is 21.4. The first-order chi connectivity index (χ1) is 8.16. The van der Waals surface area contributed by atoms with Gasteiger partial charge in [0, 0.05) is 12.1 Å². The van der Waals surface area contributed by atoms with E-state index < -0.39 is 0 Å². The van der Waals surface area contributed by atoms with Crippen LogP contribution in [0.5, 0.6) is 0 Å². The molecule has 1 aromatic carbocycles. The Hall–Kier alpha value is -1.26. The fraction of sp³-hybridized carbons (Fsp3) is 0.462. The molecule has 17 heavy (non-hydrogen) atoms. The molecular formula is C13H17FN2O. The van der Waals surface area contributed by atoms with Gasteiger partial charge in [0.05, 0.1) is 12.7 Å². The average molecular weight is 236 g/mol. The van der Waals surface area contributed by atoms with Crippen molar-refractivity contribution >= 4 is 5.78 Å². The molecule has 1 aliphatic rings. The van der Waals surface area contributed by atoms with Gasteiger partial charge in [0.15, 0.2) is 5.78 Å². The lowest BCUT2D eigenvalue weighted by atomic mass is 10.1. The van der Waals surface area contributed by atoms with Crippen LogP contribution in [0.4, 0.5) is 4.39 Å². The van der Waals surface area contributed by atoms with Crippen LogP contribution in [0.25, 0.3) is 0 Å². The Kier molecular flexibility index (Phi) is 3.86. The first kappa shape index (κ1) is 12.2. The van der Waals surface area contributed by atoms with E-state index in [1.807, 2.05) is 4.90 Å². The van der Waals surface area contributed by atoms with E-state index in [1.165, 1.54) is 24.3 Å². The third-order valence-electron chi connectivity index (χ3n) is 3.18. The van der Waals surface area contributed by atoms with Gasteiger partial charge in [-0.2, -0.15) is 0 Å². The van der Waals surface area contributed by atoms with Gasteiger partial charge in [-0.15, -0.1) is 0 Å². The van der Waals surface area contributed by atoms with Crippen molar-refractivity contribution in [3.63, 3.8) is 0 Å². The van der Waals surface area contributed by atoms with Crippen molar-refractivity contribution in [3.05, 3.63) is 35.6 Å². The number of hydrogen-bond donors (Lipinski definition) is 1. The summed E-state index contributed by atoms with van der Waals surface area (Å²) in [4.78, 5) is 13.9. The zero-order chi connectivity index (χ0) is 12.3. The zero-order valence-electron chi connectivity index (χ0n) is 9.73. The molecule has 92 valence electrons. The van der Waals surface area contributed by atoms with Gasteiger partial charge in [0.1, 0.15) is 5.82 Å². The summed E-state index contributed by atoms with van der Waals surface area (Å²) in [6.45, 7) is 1.20. The molecule has 1 atom stereocenters. The van der Waals surface area contributed by atoms with Crippen molar-refractivity contribution < 1.29 is 9.18 Å². The number of rotatable bonds is 3. The Labute approximate surface area is 100 Å². The molecular weight excluding hydrogens is 219 g/mol. The van der Waals surface area contributed by atoms with Crippen molar-refractivity contribution in [1.82, 2.24) is 4.90 Å². The Morgan fingerprint density at radius 2 is 2.06 bits per heavy atom. The second kappa shape index (κ2) is 5.38. The molecule has 0 spiro atoms.